The second kappa shape index (κ2) is 7.98. The highest BCUT2D eigenvalue weighted by Gasteiger charge is 2.33. The number of nitrogens with one attached hydrogen (secondary N) is 1. The summed E-state index contributed by atoms with van der Waals surface area (Å²) >= 11 is 0. The van der Waals surface area contributed by atoms with Gasteiger partial charge in [-0.25, -0.2) is 17.2 Å². The lowest BCUT2D eigenvalue weighted by Gasteiger charge is -2.31. The van der Waals surface area contributed by atoms with Crippen molar-refractivity contribution in [2.75, 3.05) is 13.1 Å². The van der Waals surface area contributed by atoms with Crippen molar-refractivity contribution in [2.24, 2.45) is 0 Å². The number of hydrogen-bond acceptors (Lipinski definition) is 4. The lowest BCUT2D eigenvalue weighted by atomic mass is 10.1. The average Bonchev–Trinajstić information content (AvgIpc) is 3.24. The molecule has 1 N–H and O–H groups in total. The molecular weight excluding hydrogens is 412 g/mol. The Labute approximate surface area is 172 Å². The van der Waals surface area contributed by atoms with Crippen molar-refractivity contribution >= 4 is 15.7 Å². The zero-order valence-electron chi connectivity index (χ0n) is 15.9. The number of likely N-dealkylation sites (tertiary alicyclic amines) is 1. The first kappa shape index (κ1) is 20.2. The zero-order valence-corrected chi connectivity index (χ0v) is 16.7. The van der Waals surface area contributed by atoms with Gasteiger partial charge in [0.25, 0.3) is 5.91 Å². The third-order valence-corrected chi connectivity index (χ3v) is 7.54. The number of hydrogen-bond donors (Lipinski definition) is 1. The minimum atomic E-state index is -3.58. The van der Waals surface area contributed by atoms with E-state index < -0.39 is 20.9 Å². The van der Waals surface area contributed by atoms with Gasteiger partial charge < -0.3 is 4.90 Å². The standard InChI is InChI=1S/C21H19F2N3O3S/c22-15-3-1-14(2-4-15)19-13-20(25-24-19)21(27)26-11-9-18(10-12-26)30(28,29)17-7-5-16(23)6-8-17/h1-8,13,18H,9-12H2,(H,24,25). The number of aromatic amines is 1. The van der Waals surface area contributed by atoms with Crippen molar-refractivity contribution in [2.45, 2.75) is 23.0 Å². The van der Waals surface area contributed by atoms with Crippen molar-refractivity contribution in [1.29, 1.82) is 0 Å². The molecule has 1 aromatic heterocycles. The Hall–Kier alpha value is -3.07. The minimum absolute atomic E-state index is 0.0891. The molecule has 0 aliphatic carbocycles. The molecule has 156 valence electrons. The molecule has 0 radical (unpaired) electrons. The molecule has 0 saturated carbocycles. The monoisotopic (exact) mass is 431 g/mol. The average molecular weight is 431 g/mol. The fourth-order valence-electron chi connectivity index (χ4n) is 3.56. The molecule has 0 bridgehead atoms. The van der Waals surface area contributed by atoms with Gasteiger partial charge in [0.15, 0.2) is 9.84 Å². The molecule has 3 aromatic rings. The molecule has 0 atom stereocenters. The van der Waals surface area contributed by atoms with Crippen LogP contribution in [0.2, 0.25) is 0 Å². The first-order valence-electron chi connectivity index (χ1n) is 9.45. The second-order valence-electron chi connectivity index (χ2n) is 7.16. The molecule has 1 amide bonds. The summed E-state index contributed by atoms with van der Waals surface area (Å²) in [6.07, 6.45) is 0.592. The molecule has 1 saturated heterocycles. The van der Waals surface area contributed by atoms with Crippen LogP contribution in [-0.2, 0) is 9.84 Å². The number of rotatable bonds is 4. The number of benzene rings is 2. The molecule has 1 aliphatic heterocycles. The van der Waals surface area contributed by atoms with Gasteiger partial charge in [0, 0.05) is 18.7 Å². The minimum Gasteiger partial charge on any atom is -0.337 e. The van der Waals surface area contributed by atoms with Crippen LogP contribution in [-0.4, -0.2) is 47.8 Å². The number of sulfone groups is 1. The van der Waals surface area contributed by atoms with Crippen LogP contribution in [0.1, 0.15) is 23.3 Å². The number of amides is 1. The molecule has 4 rings (SSSR count). The first-order valence-corrected chi connectivity index (χ1v) is 11.0. The van der Waals surface area contributed by atoms with Gasteiger partial charge in [0.2, 0.25) is 0 Å². The Morgan fingerprint density at radius 3 is 2.13 bits per heavy atom. The number of halogens is 2. The molecule has 30 heavy (non-hydrogen) atoms. The predicted molar refractivity (Wildman–Crippen MR) is 106 cm³/mol. The third kappa shape index (κ3) is 3.97. The van der Waals surface area contributed by atoms with E-state index >= 15 is 0 Å². The second-order valence-corrected chi connectivity index (χ2v) is 9.39. The highest BCUT2D eigenvalue weighted by atomic mass is 32.2. The van der Waals surface area contributed by atoms with E-state index in [2.05, 4.69) is 10.2 Å². The van der Waals surface area contributed by atoms with E-state index in [9.17, 15) is 22.0 Å². The molecule has 9 heteroatoms. The zero-order chi connectivity index (χ0) is 21.3. The van der Waals surface area contributed by atoms with Crippen LogP contribution < -0.4 is 0 Å². The Morgan fingerprint density at radius 1 is 0.967 bits per heavy atom. The molecular formula is C21H19F2N3O3S. The van der Waals surface area contributed by atoms with Gasteiger partial charge in [0.1, 0.15) is 17.3 Å². The molecule has 1 fully saturated rings. The predicted octanol–water partition coefficient (Wildman–Crippen LogP) is 3.43. The number of carbonyl (C=O) groups excluding carboxylic acids is 1. The number of H-pyrrole nitrogens is 1. The number of piperidine rings is 1. The van der Waals surface area contributed by atoms with Gasteiger partial charge in [-0.15, -0.1) is 0 Å². The normalized spacial score (nSPS) is 15.3. The SMILES string of the molecule is O=C(c1cc(-c2ccc(F)cc2)n[nH]1)N1CCC(S(=O)(=O)c2ccc(F)cc2)CC1. The number of aromatic nitrogens is 2. The molecule has 0 spiro atoms. The van der Waals surface area contributed by atoms with E-state index in [1.54, 1.807) is 23.1 Å². The largest absolute Gasteiger partial charge is 0.337 e. The Balaban J connectivity index is 1.42. The van der Waals surface area contributed by atoms with E-state index in [1.165, 1.54) is 24.3 Å². The Kier molecular flexibility index (Phi) is 5.38. The van der Waals surface area contributed by atoms with E-state index in [4.69, 9.17) is 0 Å². The molecule has 6 nitrogen and oxygen atoms in total. The summed E-state index contributed by atoms with van der Waals surface area (Å²) in [5.41, 5.74) is 1.48. The van der Waals surface area contributed by atoms with E-state index in [1.807, 2.05) is 0 Å². The van der Waals surface area contributed by atoms with Gasteiger partial charge in [-0.1, -0.05) is 0 Å². The summed E-state index contributed by atoms with van der Waals surface area (Å²) in [6.45, 7) is 0.573. The van der Waals surface area contributed by atoms with Crippen LogP contribution in [0.4, 0.5) is 8.78 Å². The fraction of sp³-hybridized carbons (Fsp3) is 0.238. The highest BCUT2D eigenvalue weighted by molar-refractivity contribution is 7.92. The van der Waals surface area contributed by atoms with Gasteiger partial charge >= 0.3 is 0 Å². The first-order chi connectivity index (χ1) is 14.3. The molecule has 1 aliphatic rings. The molecule has 0 unspecified atom stereocenters. The maximum absolute atomic E-state index is 13.1. The highest BCUT2D eigenvalue weighted by Crippen LogP contribution is 2.26. The Morgan fingerprint density at radius 2 is 1.53 bits per heavy atom. The summed E-state index contributed by atoms with van der Waals surface area (Å²) in [5.74, 6) is -1.12. The van der Waals surface area contributed by atoms with Gasteiger partial charge in [0.05, 0.1) is 15.8 Å². The molecule has 2 aromatic carbocycles. The van der Waals surface area contributed by atoms with Crippen LogP contribution in [0.5, 0.6) is 0 Å². The van der Waals surface area contributed by atoms with Crippen LogP contribution in [0.15, 0.2) is 59.5 Å². The lowest BCUT2D eigenvalue weighted by molar-refractivity contribution is 0.0719. The Bertz CT molecular complexity index is 1150. The van der Waals surface area contributed by atoms with Crippen molar-refractivity contribution in [3.63, 3.8) is 0 Å². The van der Waals surface area contributed by atoms with Crippen molar-refractivity contribution in [3.05, 3.63) is 71.9 Å². The lowest BCUT2D eigenvalue weighted by Crippen LogP contribution is -2.42. The van der Waals surface area contributed by atoms with E-state index in [-0.39, 0.29) is 35.4 Å². The van der Waals surface area contributed by atoms with Crippen LogP contribution >= 0.6 is 0 Å². The van der Waals surface area contributed by atoms with Gasteiger partial charge in [-0.2, -0.15) is 5.10 Å². The summed E-state index contributed by atoms with van der Waals surface area (Å²) in [4.78, 5) is 14.4. The summed E-state index contributed by atoms with van der Waals surface area (Å²) in [6, 6.07) is 12.2. The van der Waals surface area contributed by atoms with Crippen molar-refractivity contribution in [3.8, 4) is 11.3 Å². The number of nitrogens with zero attached hydrogens (tertiary/aromatic N) is 2. The topological polar surface area (TPSA) is 83.1 Å². The summed E-state index contributed by atoms with van der Waals surface area (Å²) < 4.78 is 51.7. The fourth-order valence-corrected chi connectivity index (χ4v) is 5.29. The van der Waals surface area contributed by atoms with Crippen LogP contribution in [0.25, 0.3) is 11.3 Å². The summed E-state index contributed by atoms with van der Waals surface area (Å²) in [7, 11) is -3.58. The van der Waals surface area contributed by atoms with E-state index in [0.29, 0.717) is 24.1 Å². The van der Waals surface area contributed by atoms with Gasteiger partial charge in [-0.05, 0) is 67.4 Å². The number of carbonyl (C=O) groups is 1. The third-order valence-electron chi connectivity index (χ3n) is 5.26. The van der Waals surface area contributed by atoms with Crippen LogP contribution in [0.3, 0.4) is 0 Å². The van der Waals surface area contributed by atoms with Crippen molar-refractivity contribution in [1.82, 2.24) is 15.1 Å². The van der Waals surface area contributed by atoms with E-state index in [0.717, 1.165) is 12.1 Å². The smallest absolute Gasteiger partial charge is 0.271 e. The van der Waals surface area contributed by atoms with Crippen LogP contribution in [0, 0.1) is 11.6 Å². The summed E-state index contributed by atoms with van der Waals surface area (Å²) in [5, 5.41) is 6.19. The van der Waals surface area contributed by atoms with Gasteiger partial charge in [-0.3, -0.25) is 9.89 Å². The maximum Gasteiger partial charge on any atom is 0.271 e. The molecule has 2 heterocycles. The van der Waals surface area contributed by atoms with Crippen molar-refractivity contribution < 1.29 is 22.0 Å². The maximum atomic E-state index is 13.1. The quantitative estimate of drug-likeness (QED) is 0.642.